The molecule has 0 saturated heterocycles. The number of rotatable bonds is 5. The van der Waals surface area contributed by atoms with E-state index in [-0.39, 0.29) is 17.1 Å². The number of nitrogens with zero attached hydrogens (tertiary/aromatic N) is 1. The summed E-state index contributed by atoms with van der Waals surface area (Å²) >= 11 is 4.69. The molecule has 7 heteroatoms. The molecule has 1 aromatic carbocycles. The summed E-state index contributed by atoms with van der Waals surface area (Å²) in [5.74, 6) is -4.98. The molecule has 1 amide bonds. The summed E-state index contributed by atoms with van der Waals surface area (Å²) in [5, 5.41) is 0. The Kier molecular flexibility index (Phi) is 5.29. The second-order valence-corrected chi connectivity index (χ2v) is 4.38. The summed E-state index contributed by atoms with van der Waals surface area (Å²) in [6.07, 6.45) is 0.307. The maximum atomic E-state index is 13.1. The molecular weight excluding hydrogens is 277 g/mol. The van der Waals surface area contributed by atoms with Gasteiger partial charge in [-0.25, -0.2) is 13.2 Å². The zero-order valence-electron chi connectivity index (χ0n) is 10.3. The van der Waals surface area contributed by atoms with Crippen molar-refractivity contribution < 1.29 is 18.0 Å². The molecule has 0 aliphatic rings. The first-order valence-electron chi connectivity index (χ1n) is 5.59. The molecule has 0 aliphatic heterocycles. The Morgan fingerprint density at radius 2 is 1.84 bits per heavy atom. The molecule has 0 bridgehead atoms. The Morgan fingerprint density at radius 1 is 1.32 bits per heavy atom. The van der Waals surface area contributed by atoms with Gasteiger partial charge in [0.25, 0.3) is 5.91 Å². The minimum atomic E-state index is -1.59. The van der Waals surface area contributed by atoms with Crippen LogP contribution in [0, 0.1) is 17.5 Å². The lowest BCUT2D eigenvalue weighted by Gasteiger charge is -2.20. The van der Waals surface area contributed by atoms with Gasteiger partial charge >= 0.3 is 0 Å². The molecule has 0 aromatic heterocycles. The first-order chi connectivity index (χ1) is 8.86. The zero-order chi connectivity index (χ0) is 14.6. The van der Waals surface area contributed by atoms with E-state index in [1.54, 1.807) is 6.92 Å². The number of benzene rings is 1. The van der Waals surface area contributed by atoms with Crippen molar-refractivity contribution in [2.24, 2.45) is 5.73 Å². The summed E-state index contributed by atoms with van der Waals surface area (Å²) in [6.45, 7) is 2.26. The van der Waals surface area contributed by atoms with Gasteiger partial charge in [-0.3, -0.25) is 4.79 Å². The van der Waals surface area contributed by atoms with E-state index in [0.717, 1.165) is 0 Å². The highest BCUT2D eigenvalue weighted by atomic mass is 32.1. The van der Waals surface area contributed by atoms with Crippen LogP contribution in [0.25, 0.3) is 0 Å². The number of hydrogen-bond acceptors (Lipinski definition) is 2. The van der Waals surface area contributed by atoms with E-state index in [1.807, 2.05) is 0 Å². The lowest BCUT2D eigenvalue weighted by molar-refractivity contribution is 0.0767. The monoisotopic (exact) mass is 290 g/mol. The molecule has 19 heavy (non-hydrogen) atoms. The smallest absolute Gasteiger partial charge is 0.254 e. The van der Waals surface area contributed by atoms with Gasteiger partial charge in [-0.05, 0) is 19.1 Å². The van der Waals surface area contributed by atoms with Crippen LogP contribution >= 0.6 is 12.2 Å². The number of nitrogens with two attached hydrogens (primary N) is 1. The van der Waals surface area contributed by atoms with Crippen molar-refractivity contribution in [1.82, 2.24) is 4.90 Å². The topological polar surface area (TPSA) is 46.3 Å². The summed E-state index contributed by atoms with van der Waals surface area (Å²) in [4.78, 5) is 13.6. The maximum absolute atomic E-state index is 13.1. The van der Waals surface area contributed by atoms with Crippen molar-refractivity contribution in [3.63, 3.8) is 0 Å². The van der Waals surface area contributed by atoms with Crippen molar-refractivity contribution >= 4 is 23.1 Å². The fourth-order valence-corrected chi connectivity index (χ4v) is 1.60. The van der Waals surface area contributed by atoms with E-state index in [0.29, 0.717) is 25.1 Å². The van der Waals surface area contributed by atoms with Crippen molar-refractivity contribution in [3.05, 3.63) is 35.1 Å². The minimum Gasteiger partial charge on any atom is -0.393 e. The SMILES string of the molecule is CCN(CCC(N)=S)C(=O)c1cc(F)c(F)c(F)c1. The number of halogens is 3. The molecule has 0 radical (unpaired) electrons. The van der Waals surface area contributed by atoms with Crippen LogP contribution in [0.5, 0.6) is 0 Å². The number of hydrogen-bond donors (Lipinski definition) is 1. The number of carbonyl (C=O) groups excluding carboxylic acids is 1. The largest absolute Gasteiger partial charge is 0.393 e. The average molecular weight is 290 g/mol. The average Bonchev–Trinajstić information content (AvgIpc) is 2.35. The third-order valence-electron chi connectivity index (χ3n) is 2.53. The van der Waals surface area contributed by atoms with Crippen LogP contribution in [0.3, 0.4) is 0 Å². The van der Waals surface area contributed by atoms with Crippen LogP contribution < -0.4 is 5.73 Å². The normalized spacial score (nSPS) is 10.3. The summed E-state index contributed by atoms with van der Waals surface area (Å²) in [6, 6.07) is 1.34. The lowest BCUT2D eigenvalue weighted by atomic mass is 10.1. The molecule has 0 saturated carbocycles. The molecule has 104 valence electrons. The van der Waals surface area contributed by atoms with E-state index in [9.17, 15) is 18.0 Å². The third kappa shape index (κ3) is 3.92. The van der Waals surface area contributed by atoms with Crippen LogP contribution in [-0.4, -0.2) is 28.9 Å². The van der Waals surface area contributed by atoms with Gasteiger partial charge in [-0.2, -0.15) is 0 Å². The van der Waals surface area contributed by atoms with Gasteiger partial charge in [0.1, 0.15) is 0 Å². The van der Waals surface area contributed by atoms with Crippen molar-refractivity contribution in [3.8, 4) is 0 Å². The molecule has 0 fully saturated rings. The van der Waals surface area contributed by atoms with Crippen LogP contribution in [0.1, 0.15) is 23.7 Å². The Labute approximate surface area is 114 Å². The quantitative estimate of drug-likeness (QED) is 0.668. The van der Waals surface area contributed by atoms with Gasteiger partial charge in [-0.1, -0.05) is 12.2 Å². The Bertz CT molecular complexity index is 485. The third-order valence-corrected chi connectivity index (χ3v) is 2.73. The van der Waals surface area contributed by atoms with E-state index in [1.165, 1.54) is 4.90 Å². The van der Waals surface area contributed by atoms with Crippen LogP contribution in [0.2, 0.25) is 0 Å². The van der Waals surface area contributed by atoms with Gasteiger partial charge in [0, 0.05) is 25.1 Å². The fourth-order valence-electron chi connectivity index (χ4n) is 1.51. The van der Waals surface area contributed by atoms with Gasteiger partial charge in [0.15, 0.2) is 17.5 Å². The van der Waals surface area contributed by atoms with Crippen molar-refractivity contribution in [2.45, 2.75) is 13.3 Å². The van der Waals surface area contributed by atoms with Crippen molar-refractivity contribution in [1.29, 1.82) is 0 Å². The first kappa shape index (κ1) is 15.4. The molecule has 3 nitrogen and oxygen atoms in total. The fraction of sp³-hybridized carbons (Fsp3) is 0.333. The van der Waals surface area contributed by atoms with E-state index in [2.05, 4.69) is 0 Å². The molecule has 0 atom stereocenters. The standard InChI is InChI=1S/C12H13F3N2OS/c1-2-17(4-3-10(16)19)12(18)7-5-8(13)11(15)9(14)6-7/h5-6H,2-4H2,1H3,(H2,16,19). The molecule has 0 aliphatic carbocycles. The van der Waals surface area contributed by atoms with Gasteiger partial charge in [0.2, 0.25) is 0 Å². The predicted molar refractivity (Wildman–Crippen MR) is 69.3 cm³/mol. The van der Waals surface area contributed by atoms with E-state index < -0.39 is 23.4 Å². The second-order valence-electron chi connectivity index (χ2n) is 3.86. The van der Waals surface area contributed by atoms with Gasteiger partial charge in [-0.15, -0.1) is 0 Å². The highest BCUT2D eigenvalue weighted by Gasteiger charge is 2.19. The molecule has 0 spiro atoms. The molecule has 1 rings (SSSR count). The Hall–Kier alpha value is -1.63. The molecule has 0 unspecified atom stereocenters. The van der Waals surface area contributed by atoms with Gasteiger partial charge < -0.3 is 10.6 Å². The summed E-state index contributed by atoms with van der Waals surface area (Å²) in [5.41, 5.74) is 5.08. The van der Waals surface area contributed by atoms with Crippen molar-refractivity contribution in [2.75, 3.05) is 13.1 Å². The molecule has 1 aromatic rings. The summed E-state index contributed by atoms with van der Waals surface area (Å²) in [7, 11) is 0. The number of thiocarbonyl (C=S) groups is 1. The highest BCUT2D eigenvalue weighted by Crippen LogP contribution is 2.15. The Morgan fingerprint density at radius 3 is 2.26 bits per heavy atom. The molecule has 2 N–H and O–H groups in total. The second kappa shape index (κ2) is 6.51. The summed E-state index contributed by atoms with van der Waals surface area (Å²) < 4.78 is 38.9. The maximum Gasteiger partial charge on any atom is 0.254 e. The highest BCUT2D eigenvalue weighted by molar-refractivity contribution is 7.80. The van der Waals surface area contributed by atoms with Crippen LogP contribution in [0.15, 0.2) is 12.1 Å². The minimum absolute atomic E-state index is 0.239. The van der Waals surface area contributed by atoms with Crippen LogP contribution in [-0.2, 0) is 0 Å². The lowest BCUT2D eigenvalue weighted by Crippen LogP contribution is -2.33. The molecule has 0 heterocycles. The zero-order valence-corrected chi connectivity index (χ0v) is 11.1. The first-order valence-corrected chi connectivity index (χ1v) is 5.99. The van der Waals surface area contributed by atoms with Crippen LogP contribution in [0.4, 0.5) is 13.2 Å². The van der Waals surface area contributed by atoms with E-state index in [4.69, 9.17) is 18.0 Å². The number of amides is 1. The predicted octanol–water partition coefficient (Wildman–Crippen LogP) is 2.24. The van der Waals surface area contributed by atoms with Gasteiger partial charge in [0.05, 0.1) is 4.99 Å². The molecular formula is C12H13F3N2OS. The number of carbonyl (C=O) groups is 1. The van der Waals surface area contributed by atoms with E-state index >= 15 is 0 Å². The Balaban J connectivity index is 2.94.